The van der Waals surface area contributed by atoms with E-state index >= 15 is 0 Å². The average molecular weight is 474 g/mol. The van der Waals surface area contributed by atoms with Crippen molar-refractivity contribution in [3.05, 3.63) is 70.5 Å². The molecule has 8 heteroatoms. The van der Waals surface area contributed by atoms with Crippen molar-refractivity contribution in [3.63, 3.8) is 0 Å². The topological polar surface area (TPSA) is 104 Å². The Labute approximate surface area is 206 Å². The number of nitrogens with one attached hydrogen (secondary N) is 2. The predicted octanol–water partition coefficient (Wildman–Crippen LogP) is 3.81. The molecule has 35 heavy (non-hydrogen) atoms. The van der Waals surface area contributed by atoms with Gasteiger partial charge in [-0.25, -0.2) is 9.36 Å². The maximum Gasteiger partial charge on any atom is 0.222 e. The number of benzene rings is 1. The van der Waals surface area contributed by atoms with Crippen LogP contribution in [-0.2, 0) is 17.6 Å². The monoisotopic (exact) mass is 473 g/mol. The van der Waals surface area contributed by atoms with Gasteiger partial charge in [0.15, 0.2) is 5.82 Å². The summed E-state index contributed by atoms with van der Waals surface area (Å²) in [6.07, 6.45) is 4.80. The molecule has 0 bridgehead atoms. The van der Waals surface area contributed by atoms with E-state index in [-0.39, 0.29) is 17.2 Å². The maximum absolute atomic E-state index is 13.0. The van der Waals surface area contributed by atoms with Crippen LogP contribution >= 0.6 is 0 Å². The van der Waals surface area contributed by atoms with Crippen molar-refractivity contribution in [3.8, 4) is 5.82 Å². The Hall–Kier alpha value is -3.55. The van der Waals surface area contributed by atoms with Gasteiger partial charge in [0.25, 0.3) is 0 Å². The second kappa shape index (κ2) is 10.8. The van der Waals surface area contributed by atoms with Crippen LogP contribution in [0.25, 0.3) is 5.82 Å². The molecule has 3 heterocycles. The van der Waals surface area contributed by atoms with E-state index in [2.05, 4.69) is 40.5 Å². The van der Waals surface area contributed by atoms with E-state index in [4.69, 9.17) is 10.8 Å². The summed E-state index contributed by atoms with van der Waals surface area (Å²) in [5.74, 6) is 1.68. The van der Waals surface area contributed by atoms with Crippen molar-refractivity contribution in [2.24, 2.45) is 5.92 Å². The Kier molecular flexibility index (Phi) is 7.58. The van der Waals surface area contributed by atoms with E-state index in [9.17, 15) is 4.79 Å². The smallest absolute Gasteiger partial charge is 0.222 e. The first-order valence-electron chi connectivity index (χ1n) is 12.5. The molecule has 0 aliphatic carbocycles. The quantitative estimate of drug-likeness (QED) is 0.403. The zero-order valence-corrected chi connectivity index (χ0v) is 20.9. The van der Waals surface area contributed by atoms with Crippen LogP contribution in [0.3, 0.4) is 0 Å². The molecule has 0 spiro atoms. The normalized spacial score (nSPS) is 14.3. The van der Waals surface area contributed by atoms with Crippen LogP contribution in [0.1, 0.15) is 55.1 Å². The van der Waals surface area contributed by atoms with Gasteiger partial charge in [0, 0.05) is 31.6 Å². The molecule has 3 aromatic rings. The Balaban J connectivity index is 1.37. The minimum atomic E-state index is 0.167. The molecule has 1 aromatic carbocycles. The van der Waals surface area contributed by atoms with Crippen LogP contribution in [0.2, 0.25) is 0 Å². The van der Waals surface area contributed by atoms with Crippen molar-refractivity contribution in [1.29, 1.82) is 10.8 Å². The molecule has 2 N–H and O–H groups in total. The predicted molar refractivity (Wildman–Crippen MR) is 136 cm³/mol. The Morgan fingerprint density at radius 3 is 2.46 bits per heavy atom. The molecular formula is C27H35N7O. The molecule has 0 saturated carbocycles. The highest BCUT2D eigenvalue weighted by Gasteiger charge is 2.24. The molecule has 1 saturated heterocycles. The van der Waals surface area contributed by atoms with Crippen LogP contribution in [0.15, 0.2) is 42.5 Å². The number of piperidine rings is 1. The summed E-state index contributed by atoms with van der Waals surface area (Å²) >= 11 is 0. The number of carbonyl (C=O) groups is 1. The van der Waals surface area contributed by atoms with Crippen molar-refractivity contribution >= 4 is 11.7 Å². The summed E-state index contributed by atoms with van der Waals surface area (Å²) in [6.45, 7) is 7.48. The van der Waals surface area contributed by atoms with Gasteiger partial charge in [0.05, 0.1) is 5.69 Å². The summed E-state index contributed by atoms with van der Waals surface area (Å²) in [4.78, 5) is 15.0. The van der Waals surface area contributed by atoms with Gasteiger partial charge in [-0.3, -0.25) is 15.6 Å². The fraction of sp³-hybridized carbons (Fsp3) is 0.444. The zero-order valence-electron chi connectivity index (χ0n) is 20.9. The first kappa shape index (κ1) is 24.6. The second-order valence-corrected chi connectivity index (χ2v) is 9.36. The molecule has 8 nitrogen and oxygen atoms in total. The number of amides is 1. The van der Waals surface area contributed by atoms with E-state index < -0.39 is 0 Å². The fourth-order valence-electron chi connectivity index (χ4n) is 4.87. The third-order valence-electron chi connectivity index (χ3n) is 6.99. The number of aryl methyl sites for hydroxylation is 1. The summed E-state index contributed by atoms with van der Waals surface area (Å²) in [7, 11) is 0. The minimum absolute atomic E-state index is 0.167. The summed E-state index contributed by atoms with van der Waals surface area (Å²) in [6, 6.07) is 14.0. The second-order valence-electron chi connectivity index (χ2n) is 9.36. The lowest BCUT2D eigenvalue weighted by molar-refractivity contribution is -0.132. The van der Waals surface area contributed by atoms with Crippen LogP contribution < -0.4 is 5.49 Å². The molecule has 1 aliphatic rings. The van der Waals surface area contributed by atoms with Crippen LogP contribution in [-0.4, -0.2) is 49.3 Å². The van der Waals surface area contributed by atoms with Gasteiger partial charge in [-0.05, 0) is 68.7 Å². The van der Waals surface area contributed by atoms with Crippen molar-refractivity contribution in [2.45, 2.75) is 59.3 Å². The first-order valence-corrected chi connectivity index (χ1v) is 12.5. The standard InChI is InChI=1S/C27H35N7O/c1-4-24(28)34-25(29)11-12-26(31-34)33-20(3)23(19(2)30-33)10-13-27(35)32-16-14-22(15-17-32)18-21-8-6-5-7-9-21/h5-9,11-12,22,28-29H,4,10,13-18H2,1-3H3. The Bertz CT molecular complexity index is 1250. The lowest BCUT2D eigenvalue weighted by atomic mass is 9.90. The molecule has 1 aliphatic heterocycles. The number of likely N-dealkylation sites (tertiary alicyclic amines) is 1. The van der Waals surface area contributed by atoms with Crippen LogP contribution in [0.4, 0.5) is 0 Å². The number of aromatic nitrogens is 4. The number of carbonyl (C=O) groups excluding carboxylic acids is 1. The maximum atomic E-state index is 13.0. The SMILES string of the molecule is CCC(=N)n1nc(-n2nc(C)c(CCC(=O)N3CCC(Cc4ccccc4)CC3)c2C)ccc1=N. The number of hydrogen-bond acceptors (Lipinski definition) is 5. The molecule has 0 unspecified atom stereocenters. The van der Waals surface area contributed by atoms with E-state index in [1.54, 1.807) is 16.8 Å². The van der Waals surface area contributed by atoms with Crippen LogP contribution in [0.5, 0.6) is 0 Å². The Morgan fingerprint density at radius 1 is 1.06 bits per heavy atom. The highest BCUT2D eigenvalue weighted by atomic mass is 16.2. The highest BCUT2D eigenvalue weighted by Crippen LogP contribution is 2.23. The van der Waals surface area contributed by atoms with E-state index in [0.29, 0.717) is 31.0 Å². The third kappa shape index (κ3) is 5.58. The Morgan fingerprint density at radius 2 is 1.77 bits per heavy atom. The van der Waals surface area contributed by atoms with Crippen molar-refractivity contribution in [2.75, 3.05) is 13.1 Å². The molecule has 184 valence electrons. The van der Waals surface area contributed by atoms with Crippen molar-refractivity contribution in [1.82, 2.24) is 24.5 Å². The summed E-state index contributed by atoms with van der Waals surface area (Å²) in [5.41, 5.74) is 4.43. The molecule has 4 rings (SSSR count). The van der Waals surface area contributed by atoms with Gasteiger partial charge in [-0.2, -0.15) is 5.10 Å². The van der Waals surface area contributed by atoms with Gasteiger partial charge in [0.2, 0.25) is 5.91 Å². The van der Waals surface area contributed by atoms with E-state index in [0.717, 1.165) is 49.3 Å². The van der Waals surface area contributed by atoms with E-state index in [1.165, 1.54) is 10.2 Å². The summed E-state index contributed by atoms with van der Waals surface area (Å²) in [5, 5.41) is 25.2. The number of hydrogen-bond donors (Lipinski definition) is 2. The zero-order chi connectivity index (χ0) is 24.9. The van der Waals surface area contributed by atoms with Gasteiger partial charge in [-0.1, -0.05) is 37.3 Å². The molecule has 1 amide bonds. The molecular weight excluding hydrogens is 438 g/mol. The van der Waals surface area contributed by atoms with Crippen LogP contribution in [0, 0.1) is 30.6 Å². The fourth-order valence-corrected chi connectivity index (χ4v) is 4.87. The third-order valence-corrected chi connectivity index (χ3v) is 6.99. The van der Waals surface area contributed by atoms with Gasteiger partial charge >= 0.3 is 0 Å². The number of nitrogens with zero attached hydrogens (tertiary/aromatic N) is 5. The minimum Gasteiger partial charge on any atom is -0.343 e. The summed E-state index contributed by atoms with van der Waals surface area (Å²) < 4.78 is 3.08. The number of rotatable bonds is 7. The molecule has 1 fully saturated rings. The average Bonchev–Trinajstić information content (AvgIpc) is 3.16. The van der Waals surface area contributed by atoms with Gasteiger partial charge < -0.3 is 4.90 Å². The highest BCUT2D eigenvalue weighted by molar-refractivity contribution is 5.80. The van der Waals surface area contributed by atoms with Crippen molar-refractivity contribution < 1.29 is 4.79 Å². The molecule has 0 atom stereocenters. The lowest BCUT2D eigenvalue weighted by Crippen LogP contribution is -2.39. The first-order chi connectivity index (χ1) is 16.9. The largest absolute Gasteiger partial charge is 0.343 e. The van der Waals surface area contributed by atoms with Gasteiger partial charge in [-0.15, -0.1) is 5.10 Å². The molecule has 2 aromatic heterocycles. The van der Waals surface area contributed by atoms with Gasteiger partial charge in [0.1, 0.15) is 11.3 Å². The lowest BCUT2D eigenvalue weighted by Gasteiger charge is -2.32. The van der Waals surface area contributed by atoms with E-state index in [1.807, 2.05) is 25.7 Å². The molecule has 0 radical (unpaired) electrons.